The molecule has 1 unspecified atom stereocenters. The molecule has 146 valence electrons. The fourth-order valence-electron chi connectivity index (χ4n) is 2.67. The van der Waals surface area contributed by atoms with E-state index in [9.17, 15) is 4.79 Å². The molecule has 3 aromatic rings. The zero-order valence-electron chi connectivity index (χ0n) is 15.9. The summed E-state index contributed by atoms with van der Waals surface area (Å²) in [5, 5.41) is 11.7. The van der Waals surface area contributed by atoms with Gasteiger partial charge in [-0.3, -0.25) is 4.79 Å². The molecule has 0 radical (unpaired) electrons. The minimum atomic E-state index is -0.156. The van der Waals surface area contributed by atoms with E-state index in [4.69, 9.17) is 20.8 Å². The molecule has 0 aliphatic carbocycles. The number of hydrogen-bond donors (Lipinski definition) is 2. The molecule has 0 aliphatic heterocycles. The number of hydrogen-bond acceptors (Lipinski definition) is 5. The van der Waals surface area contributed by atoms with Crippen molar-refractivity contribution in [1.29, 1.82) is 0 Å². The molecule has 0 saturated carbocycles. The Hall–Kier alpha value is -2.90. The summed E-state index contributed by atoms with van der Waals surface area (Å²) in [6, 6.07) is 14.3. The highest BCUT2D eigenvalue weighted by Crippen LogP contribution is 2.22. The van der Waals surface area contributed by atoms with Crippen molar-refractivity contribution in [1.82, 2.24) is 10.2 Å². The van der Waals surface area contributed by atoms with Crippen molar-refractivity contribution in [3.05, 3.63) is 59.4 Å². The molecule has 2 aromatic carbocycles. The Bertz CT molecular complexity index is 960. The third-order valence-electron chi connectivity index (χ3n) is 4.41. The molecule has 0 bridgehead atoms. The number of aromatic nitrogens is 2. The maximum absolute atomic E-state index is 12.4. The molecule has 0 fully saturated rings. The summed E-state index contributed by atoms with van der Waals surface area (Å²) in [6.45, 7) is 2.18. The van der Waals surface area contributed by atoms with Crippen LogP contribution in [0.4, 0.5) is 5.69 Å². The van der Waals surface area contributed by atoms with Crippen molar-refractivity contribution < 1.29 is 18.8 Å². The van der Waals surface area contributed by atoms with Crippen LogP contribution < -0.4 is 15.0 Å². The van der Waals surface area contributed by atoms with Crippen LogP contribution >= 0.6 is 11.6 Å². The number of nitrogens with zero attached hydrogens (tertiary/aromatic N) is 2. The fourth-order valence-corrected chi connectivity index (χ4v) is 2.86. The number of likely N-dealkylation sites (N-methyl/N-ethyl adjacent to an activating group) is 1. The number of halogens is 1. The van der Waals surface area contributed by atoms with E-state index in [0.717, 1.165) is 10.5 Å². The summed E-state index contributed by atoms with van der Waals surface area (Å²) in [7, 11) is 3.49. The molecule has 1 heterocycles. The first-order chi connectivity index (χ1) is 13.5. The Morgan fingerprint density at radius 2 is 2.04 bits per heavy atom. The molecule has 0 saturated heterocycles. The highest BCUT2D eigenvalue weighted by molar-refractivity contribution is 6.30. The SMILES string of the molecule is COc1cccc(NC(=O)C[NH+](C)[C@@H](C)c2nnc(-c3cccc(Cl)c3)o2)c1. The zero-order chi connectivity index (χ0) is 20.1. The second-order valence-electron chi connectivity index (χ2n) is 6.48. The summed E-state index contributed by atoms with van der Waals surface area (Å²) in [4.78, 5) is 13.3. The fraction of sp³-hybridized carbons (Fsp3) is 0.250. The number of anilines is 1. The number of carbonyl (C=O) groups is 1. The van der Waals surface area contributed by atoms with Gasteiger partial charge in [0.25, 0.3) is 11.8 Å². The minimum Gasteiger partial charge on any atom is -0.497 e. The van der Waals surface area contributed by atoms with Gasteiger partial charge >= 0.3 is 0 Å². The van der Waals surface area contributed by atoms with Crippen LogP contribution in [0.2, 0.25) is 5.02 Å². The minimum absolute atomic E-state index is 0.118. The van der Waals surface area contributed by atoms with Crippen molar-refractivity contribution in [3.8, 4) is 17.2 Å². The van der Waals surface area contributed by atoms with Crippen LogP contribution in [0, 0.1) is 0 Å². The summed E-state index contributed by atoms with van der Waals surface area (Å²) in [6.07, 6.45) is 0. The molecule has 2 atom stereocenters. The number of quaternary nitrogens is 1. The van der Waals surface area contributed by atoms with Crippen LogP contribution in [0.3, 0.4) is 0 Å². The van der Waals surface area contributed by atoms with Crippen molar-refractivity contribution in [2.75, 3.05) is 26.0 Å². The molecular formula is C20H22ClN4O3+. The summed E-state index contributed by atoms with van der Waals surface area (Å²) < 4.78 is 11.0. The summed E-state index contributed by atoms with van der Waals surface area (Å²) >= 11 is 6.01. The number of carbonyl (C=O) groups excluding carboxylic acids is 1. The number of amides is 1. The highest BCUT2D eigenvalue weighted by atomic mass is 35.5. The molecule has 1 aromatic heterocycles. The quantitative estimate of drug-likeness (QED) is 0.636. The Labute approximate surface area is 168 Å². The third kappa shape index (κ3) is 4.88. The number of benzene rings is 2. The van der Waals surface area contributed by atoms with Crippen LogP contribution in [0.5, 0.6) is 5.75 Å². The van der Waals surface area contributed by atoms with E-state index in [1.54, 1.807) is 25.3 Å². The second kappa shape index (κ2) is 8.86. The first kappa shape index (κ1) is 19.9. The van der Waals surface area contributed by atoms with Gasteiger partial charge in [0, 0.05) is 22.3 Å². The van der Waals surface area contributed by atoms with E-state index in [-0.39, 0.29) is 18.5 Å². The standard InChI is InChI=1S/C20H21ClN4O3/c1-13(19-23-24-20(28-19)14-6-4-7-15(21)10-14)25(2)12-18(26)22-16-8-5-9-17(11-16)27-3/h4-11,13H,12H2,1-3H3,(H,22,26)/p+1/t13-/m0/s1. The van der Waals surface area contributed by atoms with Gasteiger partial charge in [0.15, 0.2) is 12.6 Å². The van der Waals surface area contributed by atoms with E-state index in [1.807, 2.05) is 44.3 Å². The lowest BCUT2D eigenvalue weighted by Crippen LogP contribution is -3.10. The summed E-state index contributed by atoms with van der Waals surface area (Å²) in [5.41, 5.74) is 1.44. The van der Waals surface area contributed by atoms with Crippen molar-refractivity contribution in [3.63, 3.8) is 0 Å². The third-order valence-corrected chi connectivity index (χ3v) is 4.65. The van der Waals surface area contributed by atoms with Gasteiger partial charge in [-0.2, -0.15) is 0 Å². The lowest BCUT2D eigenvalue weighted by molar-refractivity contribution is -0.903. The topological polar surface area (TPSA) is 81.7 Å². The van der Waals surface area contributed by atoms with Crippen LogP contribution in [-0.2, 0) is 4.79 Å². The van der Waals surface area contributed by atoms with E-state index >= 15 is 0 Å². The number of nitrogens with one attached hydrogen (secondary N) is 2. The highest BCUT2D eigenvalue weighted by Gasteiger charge is 2.24. The molecule has 0 spiro atoms. The van der Waals surface area contributed by atoms with Gasteiger partial charge in [-0.15, -0.1) is 10.2 Å². The second-order valence-corrected chi connectivity index (χ2v) is 6.92. The van der Waals surface area contributed by atoms with Crippen molar-refractivity contribution in [2.24, 2.45) is 0 Å². The Kier molecular flexibility index (Phi) is 6.28. The molecule has 28 heavy (non-hydrogen) atoms. The van der Waals surface area contributed by atoms with Crippen LogP contribution in [0.15, 0.2) is 52.9 Å². The van der Waals surface area contributed by atoms with Gasteiger partial charge in [-0.05, 0) is 37.3 Å². The predicted octanol–water partition coefficient (Wildman–Crippen LogP) is 2.61. The van der Waals surface area contributed by atoms with Crippen LogP contribution in [-0.4, -0.2) is 36.8 Å². The van der Waals surface area contributed by atoms with E-state index in [1.165, 1.54) is 0 Å². The van der Waals surface area contributed by atoms with Gasteiger partial charge in [0.05, 0.1) is 14.2 Å². The number of methoxy groups -OCH3 is 1. The Morgan fingerprint density at radius 3 is 2.79 bits per heavy atom. The van der Waals surface area contributed by atoms with Crippen molar-refractivity contribution >= 4 is 23.2 Å². The first-order valence-electron chi connectivity index (χ1n) is 8.82. The van der Waals surface area contributed by atoms with Crippen LogP contribution in [0.25, 0.3) is 11.5 Å². The van der Waals surface area contributed by atoms with Gasteiger partial charge in [0.1, 0.15) is 5.75 Å². The molecule has 1 amide bonds. The average molecular weight is 402 g/mol. The van der Waals surface area contributed by atoms with Crippen LogP contribution in [0.1, 0.15) is 18.9 Å². The van der Waals surface area contributed by atoms with E-state index in [0.29, 0.717) is 28.2 Å². The molecular weight excluding hydrogens is 380 g/mol. The van der Waals surface area contributed by atoms with Gasteiger partial charge < -0.3 is 19.4 Å². The average Bonchev–Trinajstić information content (AvgIpc) is 3.17. The monoisotopic (exact) mass is 401 g/mol. The Morgan fingerprint density at radius 1 is 1.25 bits per heavy atom. The van der Waals surface area contributed by atoms with E-state index < -0.39 is 0 Å². The summed E-state index contributed by atoms with van der Waals surface area (Å²) in [5.74, 6) is 1.43. The van der Waals surface area contributed by atoms with Crippen molar-refractivity contribution in [2.45, 2.75) is 13.0 Å². The molecule has 2 N–H and O–H groups in total. The smallest absolute Gasteiger partial charge is 0.279 e. The first-order valence-corrected chi connectivity index (χ1v) is 9.19. The molecule has 7 nitrogen and oxygen atoms in total. The molecule has 8 heteroatoms. The van der Waals surface area contributed by atoms with Gasteiger partial charge in [-0.1, -0.05) is 23.7 Å². The number of ether oxygens (including phenoxy) is 1. The largest absolute Gasteiger partial charge is 0.497 e. The normalized spacial score (nSPS) is 13.0. The van der Waals surface area contributed by atoms with Gasteiger partial charge in [0.2, 0.25) is 5.89 Å². The Balaban J connectivity index is 1.62. The molecule has 3 rings (SSSR count). The predicted molar refractivity (Wildman–Crippen MR) is 107 cm³/mol. The van der Waals surface area contributed by atoms with Gasteiger partial charge in [-0.25, -0.2) is 0 Å². The lowest BCUT2D eigenvalue weighted by Gasteiger charge is -2.18. The maximum atomic E-state index is 12.4. The maximum Gasteiger partial charge on any atom is 0.279 e. The van der Waals surface area contributed by atoms with E-state index in [2.05, 4.69) is 15.5 Å². The molecule has 0 aliphatic rings. The number of rotatable bonds is 7. The lowest BCUT2D eigenvalue weighted by atomic mass is 10.2. The zero-order valence-corrected chi connectivity index (χ0v) is 16.7.